The summed E-state index contributed by atoms with van der Waals surface area (Å²) in [5.41, 5.74) is 3.37. The van der Waals surface area contributed by atoms with Gasteiger partial charge in [0.15, 0.2) is 11.5 Å². The molecule has 2 aromatic rings. The highest BCUT2D eigenvalue weighted by Gasteiger charge is 2.17. The van der Waals surface area contributed by atoms with E-state index in [1.807, 2.05) is 24.3 Å². The lowest BCUT2D eigenvalue weighted by Gasteiger charge is -2.26. The standard InChI is InChI=1S/C22H24N2O3/c25-22(23-19-7-8-20-21(15-19)27-14-4-13-26-20)16-24-11-9-18(10-12-24)17-5-2-1-3-6-17/h1-3,5-9,15H,4,10-14,16H2,(H,23,25). The van der Waals surface area contributed by atoms with Gasteiger partial charge in [-0.3, -0.25) is 9.69 Å². The first-order chi connectivity index (χ1) is 13.3. The minimum Gasteiger partial charge on any atom is -0.490 e. The normalized spacial score (nSPS) is 17.0. The zero-order valence-corrected chi connectivity index (χ0v) is 15.3. The fourth-order valence-electron chi connectivity index (χ4n) is 3.41. The predicted octanol–water partition coefficient (Wildman–Crippen LogP) is 3.58. The molecule has 27 heavy (non-hydrogen) atoms. The Labute approximate surface area is 159 Å². The Morgan fingerprint density at radius 2 is 1.85 bits per heavy atom. The molecule has 0 radical (unpaired) electrons. The molecule has 5 nitrogen and oxygen atoms in total. The van der Waals surface area contributed by atoms with Crippen molar-refractivity contribution in [3.63, 3.8) is 0 Å². The molecule has 0 spiro atoms. The number of amides is 1. The van der Waals surface area contributed by atoms with Gasteiger partial charge in [0.1, 0.15) is 0 Å². The van der Waals surface area contributed by atoms with Gasteiger partial charge in [-0.15, -0.1) is 0 Å². The molecule has 4 rings (SSSR count). The van der Waals surface area contributed by atoms with Crippen LogP contribution in [-0.4, -0.2) is 43.7 Å². The second-order valence-corrected chi connectivity index (χ2v) is 6.84. The van der Waals surface area contributed by atoms with E-state index >= 15 is 0 Å². The summed E-state index contributed by atoms with van der Waals surface area (Å²) in [5.74, 6) is 1.42. The van der Waals surface area contributed by atoms with Crippen molar-refractivity contribution in [3.05, 3.63) is 60.2 Å². The lowest BCUT2D eigenvalue weighted by atomic mass is 10.00. The molecule has 1 N–H and O–H groups in total. The Morgan fingerprint density at radius 3 is 2.63 bits per heavy atom. The van der Waals surface area contributed by atoms with Gasteiger partial charge in [0.05, 0.1) is 19.8 Å². The average molecular weight is 364 g/mol. The van der Waals surface area contributed by atoms with Crippen molar-refractivity contribution in [2.24, 2.45) is 0 Å². The van der Waals surface area contributed by atoms with Crippen molar-refractivity contribution in [2.45, 2.75) is 12.8 Å². The van der Waals surface area contributed by atoms with E-state index in [0.717, 1.165) is 37.4 Å². The van der Waals surface area contributed by atoms with Crippen LogP contribution in [0.25, 0.3) is 5.57 Å². The summed E-state index contributed by atoms with van der Waals surface area (Å²) in [5, 5.41) is 2.97. The molecule has 5 heteroatoms. The zero-order valence-electron chi connectivity index (χ0n) is 15.3. The van der Waals surface area contributed by atoms with Crippen LogP contribution in [0.1, 0.15) is 18.4 Å². The van der Waals surface area contributed by atoms with Gasteiger partial charge in [0, 0.05) is 31.3 Å². The second kappa shape index (κ2) is 8.27. The molecule has 2 aromatic carbocycles. The highest BCUT2D eigenvalue weighted by atomic mass is 16.5. The van der Waals surface area contributed by atoms with Crippen LogP contribution in [0.3, 0.4) is 0 Å². The van der Waals surface area contributed by atoms with Crippen LogP contribution >= 0.6 is 0 Å². The molecule has 0 saturated carbocycles. The van der Waals surface area contributed by atoms with E-state index in [9.17, 15) is 4.79 Å². The van der Waals surface area contributed by atoms with Crippen LogP contribution in [0.5, 0.6) is 11.5 Å². The Hall–Kier alpha value is -2.79. The van der Waals surface area contributed by atoms with Gasteiger partial charge in [0.25, 0.3) is 0 Å². The maximum Gasteiger partial charge on any atom is 0.238 e. The molecular formula is C22H24N2O3. The first kappa shape index (κ1) is 17.6. The largest absolute Gasteiger partial charge is 0.490 e. The van der Waals surface area contributed by atoms with Crippen LogP contribution in [0, 0.1) is 0 Å². The molecule has 0 aliphatic carbocycles. The quantitative estimate of drug-likeness (QED) is 0.901. The summed E-state index contributed by atoms with van der Waals surface area (Å²) < 4.78 is 11.3. The molecule has 2 heterocycles. The lowest BCUT2D eigenvalue weighted by Crippen LogP contribution is -2.36. The summed E-state index contributed by atoms with van der Waals surface area (Å²) in [4.78, 5) is 14.6. The van der Waals surface area contributed by atoms with Crippen molar-refractivity contribution in [2.75, 3.05) is 38.2 Å². The first-order valence-electron chi connectivity index (χ1n) is 9.44. The van der Waals surface area contributed by atoms with Crippen molar-refractivity contribution in [1.82, 2.24) is 4.90 Å². The monoisotopic (exact) mass is 364 g/mol. The second-order valence-electron chi connectivity index (χ2n) is 6.84. The van der Waals surface area contributed by atoms with Crippen LogP contribution in [0.4, 0.5) is 5.69 Å². The summed E-state index contributed by atoms with van der Waals surface area (Å²) in [7, 11) is 0. The summed E-state index contributed by atoms with van der Waals surface area (Å²) in [6, 6.07) is 16.0. The number of anilines is 1. The Balaban J connectivity index is 1.33. The molecule has 2 aliphatic heterocycles. The number of hydrogen-bond acceptors (Lipinski definition) is 4. The van der Waals surface area contributed by atoms with E-state index < -0.39 is 0 Å². The topological polar surface area (TPSA) is 50.8 Å². The average Bonchev–Trinajstić information content (AvgIpc) is 2.94. The summed E-state index contributed by atoms with van der Waals surface area (Å²) in [6.45, 7) is 3.35. The Morgan fingerprint density at radius 1 is 1.04 bits per heavy atom. The number of ether oxygens (including phenoxy) is 2. The molecule has 0 aromatic heterocycles. The molecule has 2 aliphatic rings. The highest BCUT2D eigenvalue weighted by molar-refractivity contribution is 5.92. The van der Waals surface area contributed by atoms with Crippen LogP contribution in [-0.2, 0) is 4.79 Å². The number of nitrogens with one attached hydrogen (secondary N) is 1. The summed E-state index contributed by atoms with van der Waals surface area (Å²) >= 11 is 0. The fourth-order valence-corrected chi connectivity index (χ4v) is 3.41. The predicted molar refractivity (Wildman–Crippen MR) is 106 cm³/mol. The van der Waals surface area contributed by atoms with Crippen molar-refractivity contribution < 1.29 is 14.3 Å². The first-order valence-corrected chi connectivity index (χ1v) is 9.44. The van der Waals surface area contributed by atoms with E-state index in [-0.39, 0.29) is 5.91 Å². The highest BCUT2D eigenvalue weighted by Crippen LogP contribution is 2.32. The number of rotatable bonds is 4. The fraction of sp³-hybridized carbons (Fsp3) is 0.318. The maximum absolute atomic E-state index is 12.4. The van der Waals surface area contributed by atoms with Gasteiger partial charge in [0.2, 0.25) is 5.91 Å². The number of nitrogens with zero attached hydrogens (tertiary/aromatic N) is 1. The van der Waals surface area contributed by atoms with Crippen LogP contribution in [0.15, 0.2) is 54.6 Å². The minimum absolute atomic E-state index is 0.0129. The molecule has 0 atom stereocenters. The molecule has 0 unspecified atom stereocenters. The van der Waals surface area contributed by atoms with Gasteiger partial charge < -0.3 is 14.8 Å². The molecule has 0 fully saturated rings. The van der Waals surface area contributed by atoms with Crippen molar-refractivity contribution in [3.8, 4) is 11.5 Å². The molecule has 0 bridgehead atoms. The van der Waals surface area contributed by atoms with E-state index in [1.165, 1.54) is 11.1 Å². The van der Waals surface area contributed by atoms with Crippen molar-refractivity contribution >= 4 is 17.2 Å². The van der Waals surface area contributed by atoms with E-state index in [0.29, 0.717) is 25.5 Å². The number of benzene rings is 2. The van der Waals surface area contributed by atoms with Gasteiger partial charge >= 0.3 is 0 Å². The summed E-state index contributed by atoms with van der Waals surface area (Å²) in [6.07, 6.45) is 4.05. The van der Waals surface area contributed by atoms with Gasteiger partial charge in [-0.1, -0.05) is 36.4 Å². The SMILES string of the molecule is O=C(CN1CC=C(c2ccccc2)CC1)Nc1ccc2c(c1)OCCCO2. The molecule has 140 valence electrons. The number of carbonyl (C=O) groups is 1. The number of fused-ring (bicyclic) bond motifs is 1. The molecule has 0 saturated heterocycles. The van der Waals surface area contributed by atoms with Crippen molar-refractivity contribution in [1.29, 1.82) is 0 Å². The maximum atomic E-state index is 12.4. The third kappa shape index (κ3) is 4.49. The molecule has 1 amide bonds. The van der Waals surface area contributed by atoms with E-state index in [1.54, 1.807) is 0 Å². The molecular weight excluding hydrogens is 340 g/mol. The number of hydrogen-bond donors (Lipinski definition) is 1. The smallest absolute Gasteiger partial charge is 0.238 e. The van der Waals surface area contributed by atoms with Gasteiger partial charge in [-0.2, -0.15) is 0 Å². The van der Waals surface area contributed by atoms with E-state index in [4.69, 9.17) is 9.47 Å². The Kier molecular flexibility index (Phi) is 5.39. The third-order valence-corrected chi connectivity index (χ3v) is 4.84. The van der Waals surface area contributed by atoms with Gasteiger partial charge in [-0.25, -0.2) is 0 Å². The number of carbonyl (C=O) groups excluding carboxylic acids is 1. The third-order valence-electron chi connectivity index (χ3n) is 4.84. The van der Waals surface area contributed by atoms with Crippen LogP contribution < -0.4 is 14.8 Å². The van der Waals surface area contributed by atoms with Gasteiger partial charge in [-0.05, 0) is 29.7 Å². The lowest BCUT2D eigenvalue weighted by molar-refractivity contribution is -0.117. The Bertz CT molecular complexity index is 833. The van der Waals surface area contributed by atoms with Crippen LogP contribution in [0.2, 0.25) is 0 Å². The zero-order chi connectivity index (χ0) is 18.5. The van der Waals surface area contributed by atoms with E-state index in [2.05, 4.69) is 40.6 Å². The minimum atomic E-state index is -0.0129.